The molecular formula is C29H35Cl2N5O6S. The zero-order valence-corrected chi connectivity index (χ0v) is 26.8. The minimum atomic E-state index is -4.14. The molecule has 0 atom stereocenters. The summed E-state index contributed by atoms with van der Waals surface area (Å²) in [5.74, 6) is -0.438. The van der Waals surface area contributed by atoms with Gasteiger partial charge in [0.15, 0.2) is 0 Å². The minimum absolute atomic E-state index is 0.0278. The number of amidine groups is 1. The normalized spacial score (nSPS) is 15.3. The number of benzene rings is 2. The summed E-state index contributed by atoms with van der Waals surface area (Å²) in [6.07, 6.45) is 0.772. The molecule has 11 nitrogen and oxygen atoms in total. The van der Waals surface area contributed by atoms with Crippen molar-refractivity contribution in [2.45, 2.75) is 56.7 Å². The van der Waals surface area contributed by atoms with Crippen LogP contribution in [0, 0.1) is 0 Å². The van der Waals surface area contributed by atoms with Gasteiger partial charge in [-0.05, 0) is 51.3 Å². The number of nitrogens with zero attached hydrogens (tertiary/aromatic N) is 4. The van der Waals surface area contributed by atoms with Crippen molar-refractivity contribution >= 4 is 57.0 Å². The van der Waals surface area contributed by atoms with Crippen molar-refractivity contribution in [1.29, 1.82) is 0 Å². The molecule has 43 heavy (non-hydrogen) atoms. The predicted octanol–water partition coefficient (Wildman–Crippen LogP) is 3.92. The number of hydrogen-bond acceptors (Lipinski definition) is 7. The van der Waals surface area contributed by atoms with E-state index in [2.05, 4.69) is 10.3 Å². The number of hydrogen-bond donors (Lipinski definition) is 1. The molecule has 2 aromatic rings. The molecule has 1 saturated carbocycles. The van der Waals surface area contributed by atoms with Crippen LogP contribution in [0.3, 0.4) is 0 Å². The van der Waals surface area contributed by atoms with E-state index in [1.54, 1.807) is 13.1 Å². The number of nitrogens with one attached hydrogen (secondary N) is 1. The zero-order valence-electron chi connectivity index (χ0n) is 24.5. The Hall–Kier alpha value is -3.19. The summed E-state index contributed by atoms with van der Waals surface area (Å²) in [5.41, 5.74) is 0.960. The van der Waals surface area contributed by atoms with Crippen LogP contribution in [-0.2, 0) is 30.9 Å². The summed E-state index contributed by atoms with van der Waals surface area (Å²) in [4.78, 5) is 45.3. The average molecular weight is 653 g/mol. The molecule has 232 valence electrons. The van der Waals surface area contributed by atoms with Gasteiger partial charge in [0.2, 0.25) is 21.8 Å². The lowest BCUT2D eigenvalue weighted by Gasteiger charge is -2.25. The lowest BCUT2D eigenvalue weighted by atomic mass is 10.1. The van der Waals surface area contributed by atoms with Gasteiger partial charge in [0.1, 0.15) is 16.3 Å². The highest BCUT2D eigenvalue weighted by Gasteiger charge is 2.41. The fraction of sp³-hybridized carbons (Fsp3) is 0.448. The number of carbonyl (C=O) groups excluding carboxylic acids is 3. The lowest BCUT2D eigenvalue weighted by molar-refractivity contribution is -0.132. The van der Waals surface area contributed by atoms with Crippen LogP contribution in [0.5, 0.6) is 0 Å². The Kier molecular flexibility index (Phi) is 10.1. The third-order valence-corrected chi connectivity index (χ3v) is 9.54. The molecule has 0 bridgehead atoms. The van der Waals surface area contributed by atoms with Crippen LogP contribution in [0.2, 0.25) is 10.0 Å². The van der Waals surface area contributed by atoms with E-state index in [0.29, 0.717) is 31.8 Å². The predicted molar refractivity (Wildman–Crippen MR) is 164 cm³/mol. The van der Waals surface area contributed by atoms with Crippen molar-refractivity contribution in [3.05, 3.63) is 63.6 Å². The molecule has 0 unspecified atom stereocenters. The molecule has 0 spiro atoms. The molecule has 14 heteroatoms. The van der Waals surface area contributed by atoms with Crippen LogP contribution in [0.1, 0.15) is 44.7 Å². The van der Waals surface area contributed by atoms with Crippen LogP contribution in [-0.4, -0.2) is 91.1 Å². The molecule has 2 aliphatic rings. The van der Waals surface area contributed by atoms with Crippen molar-refractivity contribution in [3.63, 3.8) is 0 Å². The third kappa shape index (κ3) is 8.26. The van der Waals surface area contributed by atoms with Crippen LogP contribution in [0.15, 0.2) is 52.4 Å². The van der Waals surface area contributed by atoms with Gasteiger partial charge in [-0.3, -0.25) is 19.5 Å². The molecule has 0 radical (unpaired) electrons. The summed E-state index contributed by atoms with van der Waals surface area (Å²) < 4.78 is 33.2. The van der Waals surface area contributed by atoms with E-state index in [1.165, 1.54) is 21.9 Å². The third-order valence-electron chi connectivity index (χ3n) is 6.69. The van der Waals surface area contributed by atoms with Crippen molar-refractivity contribution in [3.8, 4) is 0 Å². The molecule has 1 heterocycles. The quantitative estimate of drug-likeness (QED) is 0.415. The molecule has 1 aliphatic carbocycles. The average Bonchev–Trinajstić information content (AvgIpc) is 3.63. The first kappa shape index (κ1) is 32.7. The number of likely N-dealkylation sites (N-methyl/N-ethyl adjacent to an activating group) is 1. The molecule has 2 aromatic carbocycles. The Balaban J connectivity index is 1.31. The molecule has 0 aromatic heterocycles. The van der Waals surface area contributed by atoms with Crippen molar-refractivity contribution in [1.82, 2.24) is 19.4 Å². The summed E-state index contributed by atoms with van der Waals surface area (Å²) in [6, 6.07) is 11.4. The van der Waals surface area contributed by atoms with Crippen molar-refractivity contribution in [2.75, 3.05) is 33.2 Å². The van der Waals surface area contributed by atoms with Gasteiger partial charge in [0, 0.05) is 25.2 Å². The Bertz CT molecular complexity index is 1500. The summed E-state index contributed by atoms with van der Waals surface area (Å²) in [5, 5.41) is 2.47. The molecule has 1 fully saturated rings. The van der Waals surface area contributed by atoms with Gasteiger partial charge >= 0.3 is 6.09 Å². The van der Waals surface area contributed by atoms with Crippen LogP contribution in [0.25, 0.3) is 0 Å². The summed E-state index contributed by atoms with van der Waals surface area (Å²) in [7, 11) is -2.53. The first-order valence-corrected chi connectivity index (χ1v) is 16.0. The topological polar surface area (TPSA) is 129 Å². The lowest BCUT2D eigenvalue weighted by Crippen LogP contribution is -2.45. The smallest absolute Gasteiger partial charge is 0.416 e. The van der Waals surface area contributed by atoms with E-state index in [4.69, 9.17) is 27.9 Å². The van der Waals surface area contributed by atoms with Gasteiger partial charge in [-0.2, -0.15) is 4.31 Å². The van der Waals surface area contributed by atoms with E-state index < -0.39 is 34.2 Å². The molecule has 1 aliphatic heterocycles. The maximum absolute atomic E-state index is 13.3. The number of ether oxygens (including phenoxy) is 1. The first-order chi connectivity index (χ1) is 20.2. The maximum atomic E-state index is 13.3. The Morgan fingerprint density at radius 1 is 1.07 bits per heavy atom. The second-order valence-corrected chi connectivity index (χ2v) is 14.0. The standard InChI is InChI=1S/C29H35Cl2N5O6S/c1-29(2,3)42-28(39)35-15-14-32-27(35)20-10-8-19(9-11-20)17-34(4)25(38)16-33-24(37)18-36(21-12-13-21)43(40,41)26-22(30)6-5-7-23(26)31/h5-11,21H,12-18H2,1-4H3,(H,33,37). The fourth-order valence-electron chi connectivity index (χ4n) is 4.44. The van der Waals surface area contributed by atoms with Gasteiger partial charge in [-0.1, -0.05) is 53.5 Å². The minimum Gasteiger partial charge on any atom is -0.443 e. The highest BCUT2D eigenvalue weighted by atomic mass is 35.5. The zero-order chi connectivity index (χ0) is 31.5. The number of halogens is 2. The monoisotopic (exact) mass is 651 g/mol. The maximum Gasteiger partial charge on any atom is 0.416 e. The van der Waals surface area contributed by atoms with Crippen LogP contribution < -0.4 is 5.32 Å². The SMILES string of the molecule is CN(Cc1ccc(C2=NCCN2C(=O)OC(C)(C)C)cc1)C(=O)CNC(=O)CN(C1CC1)S(=O)(=O)c1c(Cl)cccc1Cl. The largest absolute Gasteiger partial charge is 0.443 e. The van der Waals surface area contributed by atoms with Gasteiger partial charge in [0.25, 0.3) is 0 Å². The van der Waals surface area contributed by atoms with Crippen molar-refractivity contribution in [2.24, 2.45) is 4.99 Å². The van der Waals surface area contributed by atoms with Gasteiger partial charge < -0.3 is 15.0 Å². The first-order valence-electron chi connectivity index (χ1n) is 13.8. The van der Waals surface area contributed by atoms with E-state index >= 15 is 0 Å². The van der Waals surface area contributed by atoms with Crippen LogP contribution >= 0.6 is 23.2 Å². The Labute approximate surface area is 261 Å². The highest BCUT2D eigenvalue weighted by molar-refractivity contribution is 7.89. The number of amides is 3. The number of aliphatic imine (C=N–C) groups is 1. The van der Waals surface area contributed by atoms with Gasteiger partial charge in [0.05, 0.1) is 36.2 Å². The fourth-order valence-corrected chi connectivity index (χ4v) is 7.17. The molecule has 3 amide bonds. The molecule has 0 saturated heterocycles. The van der Waals surface area contributed by atoms with E-state index in [-0.39, 0.29) is 40.0 Å². The number of sulfonamides is 1. The summed E-state index contributed by atoms with van der Waals surface area (Å²) >= 11 is 12.3. The Morgan fingerprint density at radius 2 is 1.70 bits per heavy atom. The van der Waals surface area contributed by atoms with Gasteiger partial charge in [-0.15, -0.1) is 0 Å². The van der Waals surface area contributed by atoms with Gasteiger partial charge in [-0.25, -0.2) is 13.2 Å². The van der Waals surface area contributed by atoms with E-state index in [9.17, 15) is 22.8 Å². The Morgan fingerprint density at radius 3 is 2.28 bits per heavy atom. The number of rotatable bonds is 10. The number of carbonyl (C=O) groups is 3. The van der Waals surface area contributed by atoms with E-state index in [1.807, 2.05) is 45.0 Å². The van der Waals surface area contributed by atoms with Crippen LogP contribution in [0.4, 0.5) is 4.79 Å². The second kappa shape index (κ2) is 13.2. The van der Waals surface area contributed by atoms with E-state index in [0.717, 1.165) is 15.4 Å². The summed E-state index contributed by atoms with van der Waals surface area (Å²) in [6.45, 7) is 5.85. The second-order valence-electron chi connectivity index (χ2n) is 11.4. The van der Waals surface area contributed by atoms with Crippen molar-refractivity contribution < 1.29 is 27.5 Å². The molecule has 1 N–H and O–H groups in total. The molecular weight excluding hydrogens is 617 g/mol. The highest BCUT2D eigenvalue weighted by Crippen LogP contribution is 2.37. The molecule has 4 rings (SSSR count).